The van der Waals surface area contributed by atoms with E-state index in [1.54, 1.807) is 0 Å². The molecule has 3 heterocycles. The Kier molecular flexibility index (Phi) is 16.1. The van der Waals surface area contributed by atoms with Crippen LogP contribution in [0.2, 0.25) is 0 Å². The third kappa shape index (κ3) is 12.2. The first-order chi connectivity index (χ1) is 21.2. The highest BCUT2D eigenvalue weighted by molar-refractivity contribution is 5.69. The van der Waals surface area contributed by atoms with E-state index in [9.17, 15) is 4.79 Å². The van der Waals surface area contributed by atoms with E-state index in [4.69, 9.17) is 33.2 Å². The molecule has 0 N–H and O–H groups in total. The van der Waals surface area contributed by atoms with E-state index in [2.05, 4.69) is 31.2 Å². The fourth-order valence-corrected chi connectivity index (χ4v) is 6.73. The van der Waals surface area contributed by atoms with Crippen molar-refractivity contribution in [1.82, 2.24) is 0 Å². The maximum Gasteiger partial charge on any atom is 0.305 e. The molecule has 0 bridgehead atoms. The van der Waals surface area contributed by atoms with E-state index in [1.807, 2.05) is 0 Å². The second-order valence-electron chi connectivity index (χ2n) is 12.6. The van der Waals surface area contributed by atoms with Gasteiger partial charge in [-0.2, -0.15) is 0 Å². The van der Waals surface area contributed by atoms with Crippen molar-refractivity contribution in [2.24, 2.45) is 11.8 Å². The lowest BCUT2D eigenvalue weighted by atomic mass is 9.89. The minimum atomic E-state index is -0.181. The van der Waals surface area contributed by atoms with Crippen molar-refractivity contribution >= 4 is 5.97 Å². The summed E-state index contributed by atoms with van der Waals surface area (Å²) < 4.78 is 42.8. The Bertz CT molecular complexity index is 813. The van der Waals surface area contributed by atoms with Crippen molar-refractivity contribution in [2.45, 2.75) is 153 Å². The smallest absolute Gasteiger partial charge is 0.305 e. The SMILES string of the molecule is CCCCCC(/C=C/[C@@H]1[C@@H](C/C=C\CCC(=O)OC)[C@@H](OC2CCCCO2)C[C@H]1OC1CCCCO1)O[C@H]1CCCCO1. The van der Waals surface area contributed by atoms with Crippen molar-refractivity contribution in [1.29, 1.82) is 0 Å². The van der Waals surface area contributed by atoms with Crippen LogP contribution in [0.4, 0.5) is 0 Å². The highest BCUT2D eigenvalue weighted by Crippen LogP contribution is 2.42. The molecule has 3 unspecified atom stereocenters. The zero-order chi connectivity index (χ0) is 30.1. The molecule has 0 aromatic carbocycles. The molecule has 43 heavy (non-hydrogen) atoms. The number of rotatable bonds is 17. The fourth-order valence-electron chi connectivity index (χ4n) is 6.73. The van der Waals surface area contributed by atoms with Crippen LogP contribution in [0.5, 0.6) is 0 Å². The van der Waals surface area contributed by atoms with Gasteiger partial charge < -0.3 is 33.2 Å². The summed E-state index contributed by atoms with van der Waals surface area (Å²) in [5.74, 6) is 0.180. The van der Waals surface area contributed by atoms with Crippen LogP contribution in [0.3, 0.4) is 0 Å². The Balaban J connectivity index is 1.51. The van der Waals surface area contributed by atoms with Gasteiger partial charge in [-0.1, -0.05) is 50.5 Å². The number of esters is 1. The van der Waals surface area contributed by atoms with Gasteiger partial charge in [0.1, 0.15) is 0 Å². The Morgan fingerprint density at radius 2 is 1.49 bits per heavy atom. The molecule has 246 valence electrons. The van der Waals surface area contributed by atoms with E-state index in [0.29, 0.717) is 12.8 Å². The van der Waals surface area contributed by atoms with E-state index in [0.717, 1.165) is 103 Å². The Morgan fingerprint density at radius 1 is 0.837 bits per heavy atom. The molecule has 0 aromatic rings. The molecule has 0 amide bonds. The first kappa shape index (κ1) is 34.6. The molecule has 1 saturated carbocycles. The molecule has 8 heteroatoms. The normalized spacial score (nSPS) is 32.8. The molecule has 0 radical (unpaired) electrons. The number of hydrogen-bond acceptors (Lipinski definition) is 8. The van der Waals surface area contributed by atoms with Gasteiger partial charge in [0, 0.05) is 38.6 Å². The standard InChI is InChI=1S/C35H58O8/c1-3-4-6-15-27(41-33-18-9-12-23-38-33)21-22-29-28(16-7-5-8-17-32(36)37-2)30(42-34-19-10-13-24-39-34)26-31(29)43-35-20-11-14-25-40-35/h5,7,21-22,27-31,33-35H,3-4,6,8-20,23-26H2,1-2H3/b7-5-,22-21+/t27?,28-,29-,30+,31-,33+,34?,35?/m1/s1. The molecule has 1 aliphatic carbocycles. The monoisotopic (exact) mass is 606 g/mol. The lowest BCUT2D eigenvalue weighted by Crippen LogP contribution is -2.31. The molecule has 3 aliphatic heterocycles. The van der Waals surface area contributed by atoms with Gasteiger partial charge in [0.15, 0.2) is 18.9 Å². The maximum atomic E-state index is 11.6. The van der Waals surface area contributed by atoms with Crippen LogP contribution in [0.15, 0.2) is 24.3 Å². The number of hydrogen-bond donors (Lipinski definition) is 0. The van der Waals surface area contributed by atoms with Crippen LogP contribution < -0.4 is 0 Å². The predicted molar refractivity (Wildman–Crippen MR) is 165 cm³/mol. The van der Waals surface area contributed by atoms with Gasteiger partial charge >= 0.3 is 5.97 Å². The Morgan fingerprint density at radius 3 is 2.09 bits per heavy atom. The number of carbonyl (C=O) groups is 1. The lowest BCUT2D eigenvalue weighted by molar-refractivity contribution is -0.203. The summed E-state index contributed by atoms with van der Waals surface area (Å²) in [5, 5.41) is 0. The van der Waals surface area contributed by atoms with Crippen LogP contribution >= 0.6 is 0 Å². The number of methoxy groups -OCH3 is 1. The largest absolute Gasteiger partial charge is 0.469 e. The van der Waals surface area contributed by atoms with E-state index < -0.39 is 0 Å². The van der Waals surface area contributed by atoms with Gasteiger partial charge in [-0.15, -0.1) is 0 Å². The van der Waals surface area contributed by atoms with Gasteiger partial charge in [0.2, 0.25) is 0 Å². The van der Waals surface area contributed by atoms with E-state index >= 15 is 0 Å². The lowest BCUT2D eigenvalue weighted by Gasteiger charge is -2.30. The molecule has 3 saturated heterocycles. The summed E-state index contributed by atoms with van der Waals surface area (Å²) in [6.45, 7) is 4.54. The van der Waals surface area contributed by atoms with Crippen LogP contribution in [0, 0.1) is 11.8 Å². The fraction of sp³-hybridized carbons (Fsp3) is 0.857. The molecule has 4 rings (SSSR count). The van der Waals surface area contributed by atoms with Crippen molar-refractivity contribution < 1.29 is 38.0 Å². The highest BCUT2D eigenvalue weighted by Gasteiger charge is 2.45. The summed E-state index contributed by atoms with van der Waals surface area (Å²) in [7, 11) is 1.44. The van der Waals surface area contributed by atoms with Crippen molar-refractivity contribution in [3.05, 3.63) is 24.3 Å². The van der Waals surface area contributed by atoms with E-state index in [-0.39, 0.29) is 55.0 Å². The Labute approximate surface area is 260 Å². The van der Waals surface area contributed by atoms with Crippen LogP contribution in [-0.2, 0) is 38.0 Å². The zero-order valence-corrected chi connectivity index (χ0v) is 26.8. The third-order valence-corrected chi connectivity index (χ3v) is 9.22. The van der Waals surface area contributed by atoms with Gasteiger partial charge in [0.25, 0.3) is 0 Å². The quantitative estimate of drug-likeness (QED) is 0.0963. The zero-order valence-electron chi connectivity index (χ0n) is 26.8. The van der Waals surface area contributed by atoms with Crippen molar-refractivity contribution in [3.8, 4) is 0 Å². The van der Waals surface area contributed by atoms with Crippen molar-refractivity contribution in [3.63, 3.8) is 0 Å². The van der Waals surface area contributed by atoms with Gasteiger partial charge in [-0.05, 0) is 83.0 Å². The van der Waals surface area contributed by atoms with Gasteiger partial charge in [-0.3, -0.25) is 4.79 Å². The number of unbranched alkanes of at least 4 members (excludes halogenated alkanes) is 2. The molecule has 4 aliphatic rings. The predicted octanol–water partition coefficient (Wildman–Crippen LogP) is 7.39. The van der Waals surface area contributed by atoms with Gasteiger partial charge in [0.05, 0.1) is 25.4 Å². The minimum absolute atomic E-state index is 0.0105. The molecule has 8 atom stereocenters. The summed E-state index contributed by atoms with van der Waals surface area (Å²) in [6.07, 6.45) is 25.3. The third-order valence-electron chi connectivity index (χ3n) is 9.22. The first-order valence-electron chi connectivity index (χ1n) is 17.4. The molecule has 0 aromatic heterocycles. The topological polar surface area (TPSA) is 81.7 Å². The maximum absolute atomic E-state index is 11.6. The summed E-state index contributed by atoms with van der Waals surface area (Å²) in [5.41, 5.74) is 0. The second-order valence-corrected chi connectivity index (χ2v) is 12.6. The number of carbonyl (C=O) groups excluding carboxylic acids is 1. The second kappa shape index (κ2) is 20.0. The molecule has 8 nitrogen and oxygen atoms in total. The molecular weight excluding hydrogens is 548 g/mol. The number of allylic oxidation sites excluding steroid dienone is 2. The first-order valence-corrected chi connectivity index (χ1v) is 17.4. The van der Waals surface area contributed by atoms with E-state index in [1.165, 1.54) is 20.0 Å². The average molecular weight is 607 g/mol. The average Bonchev–Trinajstić information content (AvgIpc) is 3.35. The number of ether oxygens (including phenoxy) is 7. The van der Waals surface area contributed by atoms with Crippen molar-refractivity contribution in [2.75, 3.05) is 26.9 Å². The van der Waals surface area contributed by atoms with Crippen LogP contribution in [0.1, 0.15) is 116 Å². The summed E-state index contributed by atoms with van der Waals surface area (Å²) in [6, 6.07) is 0. The van der Waals surface area contributed by atoms with Crippen LogP contribution in [0.25, 0.3) is 0 Å². The summed E-state index contributed by atoms with van der Waals surface area (Å²) in [4.78, 5) is 11.6. The minimum Gasteiger partial charge on any atom is -0.469 e. The summed E-state index contributed by atoms with van der Waals surface area (Å²) >= 11 is 0. The molecule has 4 fully saturated rings. The Hall–Kier alpha value is -1.29. The highest BCUT2D eigenvalue weighted by atomic mass is 16.7. The van der Waals surface area contributed by atoms with Gasteiger partial charge in [-0.25, -0.2) is 0 Å². The van der Waals surface area contributed by atoms with Crippen LogP contribution in [-0.4, -0.2) is 70.1 Å². The molecule has 0 spiro atoms. The molecular formula is C35H58O8.